The smallest absolute Gasteiger partial charge is 0.253 e. The number of nitrogens with zero attached hydrogens (tertiary/aromatic N) is 1. The standard InChI is InChI=1S/C24H29N3O4/c1-2-3-14-31-17-20-24(30)27(16-19-12-8-5-9-13-19)21(23(29)26-20)22(28)25-15-18-10-6-4-7-11-18/h4-13,20-21H,2-3,14-17H2,1H3,(H,25,28)(H,26,29)/t20-,21?/m0/s1. The predicted molar refractivity (Wildman–Crippen MR) is 117 cm³/mol. The van der Waals surface area contributed by atoms with Crippen LogP contribution in [-0.4, -0.2) is 47.9 Å². The van der Waals surface area contributed by atoms with Crippen LogP contribution in [0.25, 0.3) is 0 Å². The van der Waals surface area contributed by atoms with Crippen LogP contribution in [0.3, 0.4) is 0 Å². The monoisotopic (exact) mass is 423 g/mol. The highest BCUT2D eigenvalue weighted by molar-refractivity contribution is 6.10. The van der Waals surface area contributed by atoms with Crippen LogP contribution >= 0.6 is 0 Å². The van der Waals surface area contributed by atoms with Crippen molar-refractivity contribution in [3.05, 3.63) is 71.8 Å². The number of unbranched alkanes of at least 4 members (excludes halogenated alkanes) is 1. The summed E-state index contributed by atoms with van der Waals surface area (Å²) >= 11 is 0. The molecule has 0 aliphatic carbocycles. The third-order valence-corrected chi connectivity index (χ3v) is 5.14. The van der Waals surface area contributed by atoms with Crippen molar-refractivity contribution >= 4 is 17.7 Å². The number of hydrogen-bond acceptors (Lipinski definition) is 4. The quantitative estimate of drug-likeness (QED) is 0.452. The molecule has 1 fully saturated rings. The van der Waals surface area contributed by atoms with Crippen molar-refractivity contribution < 1.29 is 19.1 Å². The van der Waals surface area contributed by atoms with Gasteiger partial charge in [-0.25, -0.2) is 0 Å². The lowest BCUT2D eigenvalue weighted by molar-refractivity contribution is -0.156. The van der Waals surface area contributed by atoms with E-state index in [0.717, 1.165) is 24.0 Å². The summed E-state index contributed by atoms with van der Waals surface area (Å²) in [5.41, 5.74) is 1.76. The Balaban J connectivity index is 1.74. The van der Waals surface area contributed by atoms with Gasteiger partial charge in [0.2, 0.25) is 5.91 Å². The maximum Gasteiger partial charge on any atom is 0.253 e. The normalized spacial score (nSPS) is 18.5. The van der Waals surface area contributed by atoms with Gasteiger partial charge < -0.3 is 20.3 Å². The molecule has 1 aliphatic rings. The lowest BCUT2D eigenvalue weighted by Crippen LogP contribution is -2.67. The summed E-state index contributed by atoms with van der Waals surface area (Å²) in [6.45, 7) is 3.11. The minimum atomic E-state index is -1.23. The molecule has 3 rings (SSSR count). The van der Waals surface area contributed by atoms with E-state index >= 15 is 0 Å². The fourth-order valence-corrected chi connectivity index (χ4v) is 3.43. The van der Waals surface area contributed by atoms with Crippen LogP contribution in [0.1, 0.15) is 30.9 Å². The zero-order valence-corrected chi connectivity index (χ0v) is 17.8. The number of piperazine rings is 1. The van der Waals surface area contributed by atoms with Crippen LogP contribution in [0.2, 0.25) is 0 Å². The molecular formula is C24H29N3O4. The maximum atomic E-state index is 13.2. The number of nitrogens with one attached hydrogen (secondary N) is 2. The Morgan fingerprint density at radius 2 is 1.68 bits per heavy atom. The van der Waals surface area contributed by atoms with Gasteiger partial charge in [0.05, 0.1) is 6.61 Å². The van der Waals surface area contributed by atoms with Gasteiger partial charge in [0, 0.05) is 19.7 Å². The summed E-state index contributed by atoms with van der Waals surface area (Å²) in [7, 11) is 0. The second-order valence-corrected chi connectivity index (χ2v) is 7.55. The van der Waals surface area contributed by atoms with Crippen molar-refractivity contribution in [3.8, 4) is 0 Å². The highest BCUT2D eigenvalue weighted by Crippen LogP contribution is 2.16. The van der Waals surface area contributed by atoms with E-state index in [1.54, 1.807) is 0 Å². The van der Waals surface area contributed by atoms with Gasteiger partial charge >= 0.3 is 0 Å². The van der Waals surface area contributed by atoms with E-state index in [-0.39, 0.29) is 25.6 Å². The molecule has 0 radical (unpaired) electrons. The molecule has 1 aliphatic heterocycles. The molecule has 0 spiro atoms. The number of benzene rings is 2. The summed E-state index contributed by atoms with van der Waals surface area (Å²) in [5.74, 6) is -1.32. The lowest BCUT2D eigenvalue weighted by atomic mass is 10.0. The summed E-state index contributed by atoms with van der Waals surface area (Å²) in [6.07, 6.45) is 1.86. The average molecular weight is 424 g/mol. The van der Waals surface area contributed by atoms with Gasteiger partial charge in [0.15, 0.2) is 6.04 Å². The zero-order valence-electron chi connectivity index (χ0n) is 17.8. The average Bonchev–Trinajstić information content (AvgIpc) is 2.79. The Labute approximate surface area is 182 Å². The number of amides is 3. The second-order valence-electron chi connectivity index (χ2n) is 7.55. The Morgan fingerprint density at radius 3 is 2.32 bits per heavy atom. The Hall–Kier alpha value is -3.19. The van der Waals surface area contributed by atoms with Crippen LogP contribution in [0.15, 0.2) is 60.7 Å². The van der Waals surface area contributed by atoms with E-state index in [9.17, 15) is 14.4 Å². The molecular weight excluding hydrogens is 394 g/mol. The largest absolute Gasteiger partial charge is 0.379 e. The van der Waals surface area contributed by atoms with Gasteiger partial charge in [-0.3, -0.25) is 14.4 Å². The van der Waals surface area contributed by atoms with Gasteiger partial charge in [0.25, 0.3) is 11.8 Å². The van der Waals surface area contributed by atoms with Crippen LogP contribution in [0.4, 0.5) is 0 Å². The maximum absolute atomic E-state index is 13.2. The second kappa shape index (κ2) is 11.3. The number of rotatable bonds is 10. The number of hydrogen-bond donors (Lipinski definition) is 2. The van der Waals surface area contributed by atoms with E-state index in [1.807, 2.05) is 60.7 Å². The Bertz CT molecular complexity index is 873. The summed E-state index contributed by atoms with van der Waals surface area (Å²) < 4.78 is 5.57. The van der Waals surface area contributed by atoms with Gasteiger partial charge in [-0.2, -0.15) is 0 Å². The van der Waals surface area contributed by atoms with Crippen molar-refractivity contribution in [1.29, 1.82) is 0 Å². The summed E-state index contributed by atoms with van der Waals surface area (Å²) in [6, 6.07) is 16.7. The van der Waals surface area contributed by atoms with Gasteiger partial charge in [-0.15, -0.1) is 0 Å². The molecule has 1 unspecified atom stereocenters. The fourth-order valence-electron chi connectivity index (χ4n) is 3.43. The third kappa shape index (κ3) is 6.15. The first kappa shape index (κ1) is 22.5. The molecule has 164 valence electrons. The molecule has 7 heteroatoms. The van der Waals surface area contributed by atoms with E-state index < -0.39 is 23.9 Å². The van der Waals surface area contributed by atoms with E-state index in [1.165, 1.54) is 4.90 Å². The zero-order chi connectivity index (χ0) is 22.1. The molecule has 0 bridgehead atoms. The molecule has 2 atom stereocenters. The lowest BCUT2D eigenvalue weighted by Gasteiger charge is -2.38. The van der Waals surface area contributed by atoms with E-state index in [4.69, 9.17) is 4.74 Å². The van der Waals surface area contributed by atoms with Gasteiger partial charge in [0.1, 0.15) is 6.04 Å². The Kier molecular flexibility index (Phi) is 8.18. The van der Waals surface area contributed by atoms with Crippen molar-refractivity contribution in [2.24, 2.45) is 0 Å². The molecule has 3 amide bonds. The van der Waals surface area contributed by atoms with E-state index in [0.29, 0.717) is 6.61 Å². The van der Waals surface area contributed by atoms with Crippen LogP contribution in [0.5, 0.6) is 0 Å². The minimum absolute atomic E-state index is 0.0915. The molecule has 7 nitrogen and oxygen atoms in total. The van der Waals surface area contributed by atoms with Crippen LogP contribution in [0, 0.1) is 0 Å². The van der Waals surface area contributed by atoms with Crippen LogP contribution in [-0.2, 0) is 32.2 Å². The number of carbonyl (C=O) groups excluding carboxylic acids is 3. The summed E-state index contributed by atoms with van der Waals surface area (Å²) in [4.78, 5) is 40.3. The minimum Gasteiger partial charge on any atom is -0.379 e. The first-order chi connectivity index (χ1) is 15.1. The first-order valence-corrected chi connectivity index (χ1v) is 10.6. The van der Waals surface area contributed by atoms with E-state index in [2.05, 4.69) is 17.6 Å². The molecule has 2 aromatic carbocycles. The molecule has 1 heterocycles. The van der Waals surface area contributed by atoms with Crippen molar-refractivity contribution in [2.75, 3.05) is 13.2 Å². The molecule has 0 saturated carbocycles. The Morgan fingerprint density at radius 1 is 1.03 bits per heavy atom. The van der Waals surface area contributed by atoms with Crippen molar-refractivity contribution in [1.82, 2.24) is 15.5 Å². The topological polar surface area (TPSA) is 87.7 Å². The van der Waals surface area contributed by atoms with Gasteiger partial charge in [-0.1, -0.05) is 74.0 Å². The molecule has 2 N–H and O–H groups in total. The molecule has 31 heavy (non-hydrogen) atoms. The molecule has 2 aromatic rings. The highest BCUT2D eigenvalue weighted by atomic mass is 16.5. The fraction of sp³-hybridized carbons (Fsp3) is 0.375. The van der Waals surface area contributed by atoms with Crippen molar-refractivity contribution in [2.45, 2.75) is 44.9 Å². The predicted octanol–water partition coefficient (Wildman–Crippen LogP) is 2.02. The number of ether oxygens (including phenoxy) is 1. The SMILES string of the molecule is CCCCOC[C@@H]1NC(=O)C(C(=O)NCc2ccccc2)N(Cc2ccccc2)C1=O. The molecule has 0 aromatic heterocycles. The first-order valence-electron chi connectivity index (χ1n) is 10.6. The number of carbonyl (C=O) groups is 3. The molecule has 1 saturated heterocycles. The highest BCUT2D eigenvalue weighted by Gasteiger charge is 2.44. The van der Waals surface area contributed by atoms with Crippen molar-refractivity contribution in [3.63, 3.8) is 0 Å². The third-order valence-electron chi connectivity index (χ3n) is 5.14. The summed E-state index contributed by atoms with van der Waals surface area (Å²) in [5, 5.41) is 5.46. The van der Waals surface area contributed by atoms with Gasteiger partial charge in [-0.05, 0) is 17.5 Å². The van der Waals surface area contributed by atoms with Crippen LogP contribution < -0.4 is 10.6 Å².